The van der Waals surface area contributed by atoms with Gasteiger partial charge in [-0.05, 0) is 44.4 Å². The summed E-state index contributed by atoms with van der Waals surface area (Å²) < 4.78 is 0. The van der Waals surface area contributed by atoms with Gasteiger partial charge >= 0.3 is 0 Å². The lowest BCUT2D eigenvalue weighted by Gasteiger charge is -2.29. The van der Waals surface area contributed by atoms with E-state index in [0.29, 0.717) is 6.04 Å². The topological polar surface area (TPSA) is 28.2 Å². The summed E-state index contributed by atoms with van der Waals surface area (Å²) in [6.45, 7) is 6.54. The smallest absolute Gasteiger partial charge is 0.190 e. The number of hydrogen-bond donors (Lipinski definition) is 1. The molecule has 2 heterocycles. The van der Waals surface area contributed by atoms with Gasteiger partial charge in [-0.25, -0.2) is 4.98 Å². The van der Waals surface area contributed by atoms with Crippen molar-refractivity contribution in [3.63, 3.8) is 0 Å². The predicted octanol–water partition coefficient (Wildman–Crippen LogP) is 4.29. The molecule has 0 fully saturated rings. The molecule has 1 unspecified atom stereocenters. The first kappa shape index (κ1) is 14.5. The molecular formula is C17H23N3S. The molecule has 1 atom stereocenters. The standard InChI is InChI=1S/C17H23N3S/c1-3-10-18-13(2)16-12-19-17(21-16)20-11-6-8-14-7-4-5-9-15(14)20/h4-5,7,9,12-13,18H,3,6,8,10-11H2,1-2H3. The van der Waals surface area contributed by atoms with E-state index in [2.05, 4.69) is 53.3 Å². The average molecular weight is 301 g/mol. The van der Waals surface area contributed by atoms with Gasteiger partial charge in [0.15, 0.2) is 5.13 Å². The fourth-order valence-electron chi connectivity index (χ4n) is 2.80. The molecule has 112 valence electrons. The molecule has 0 radical (unpaired) electrons. The molecule has 1 aliphatic heterocycles. The number of aryl methyl sites for hydroxylation is 1. The van der Waals surface area contributed by atoms with Gasteiger partial charge in [-0.1, -0.05) is 36.5 Å². The van der Waals surface area contributed by atoms with Crippen LogP contribution in [0.25, 0.3) is 0 Å². The second kappa shape index (κ2) is 6.58. The van der Waals surface area contributed by atoms with Crippen LogP contribution in [0.4, 0.5) is 10.8 Å². The van der Waals surface area contributed by atoms with Crippen LogP contribution in [0.3, 0.4) is 0 Å². The second-order valence-corrected chi connectivity index (χ2v) is 6.65. The van der Waals surface area contributed by atoms with Gasteiger partial charge in [0.05, 0.1) is 0 Å². The van der Waals surface area contributed by atoms with Crippen molar-refractivity contribution in [3.8, 4) is 0 Å². The lowest BCUT2D eigenvalue weighted by Crippen LogP contribution is -2.24. The third-order valence-electron chi connectivity index (χ3n) is 3.98. The molecule has 0 saturated heterocycles. The minimum Gasteiger partial charge on any atom is -0.318 e. The van der Waals surface area contributed by atoms with Crippen LogP contribution in [0.2, 0.25) is 0 Å². The van der Waals surface area contributed by atoms with Crippen LogP contribution in [0, 0.1) is 0 Å². The predicted molar refractivity (Wildman–Crippen MR) is 90.6 cm³/mol. The molecule has 0 saturated carbocycles. The van der Waals surface area contributed by atoms with Crippen molar-refractivity contribution in [1.29, 1.82) is 0 Å². The molecule has 1 aliphatic rings. The highest BCUT2D eigenvalue weighted by Crippen LogP contribution is 2.36. The third kappa shape index (κ3) is 3.11. The van der Waals surface area contributed by atoms with E-state index < -0.39 is 0 Å². The number of nitrogens with one attached hydrogen (secondary N) is 1. The Hall–Kier alpha value is -1.39. The fourth-order valence-corrected chi connectivity index (χ4v) is 3.78. The summed E-state index contributed by atoms with van der Waals surface area (Å²) >= 11 is 1.81. The lowest BCUT2D eigenvalue weighted by molar-refractivity contribution is 0.577. The van der Waals surface area contributed by atoms with E-state index in [4.69, 9.17) is 0 Å². The molecule has 3 nitrogen and oxygen atoms in total. The summed E-state index contributed by atoms with van der Waals surface area (Å²) in [7, 11) is 0. The van der Waals surface area contributed by atoms with Crippen molar-refractivity contribution in [1.82, 2.24) is 10.3 Å². The van der Waals surface area contributed by atoms with Crippen molar-refractivity contribution in [2.24, 2.45) is 0 Å². The molecule has 1 aromatic carbocycles. The van der Waals surface area contributed by atoms with E-state index in [1.54, 1.807) is 0 Å². The monoisotopic (exact) mass is 301 g/mol. The molecule has 3 rings (SSSR count). The zero-order valence-electron chi connectivity index (χ0n) is 12.8. The van der Waals surface area contributed by atoms with Gasteiger partial charge in [-0.2, -0.15) is 0 Å². The molecule has 1 N–H and O–H groups in total. The second-order valence-electron chi connectivity index (χ2n) is 5.60. The van der Waals surface area contributed by atoms with Gasteiger partial charge in [-0.3, -0.25) is 0 Å². The Kier molecular flexibility index (Phi) is 4.56. The van der Waals surface area contributed by atoms with E-state index in [9.17, 15) is 0 Å². The summed E-state index contributed by atoms with van der Waals surface area (Å²) in [5, 5.41) is 4.66. The van der Waals surface area contributed by atoms with Crippen LogP contribution in [0.1, 0.15) is 43.2 Å². The molecule has 0 spiro atoms. The lowest BCUT2D eigenvalue weighted by atomic mass is 10.0. The Labute approximate surface area is 131 Å². The molecular weight excluding hydrogens is 278 g/mol. The zero-order valence-corrected chi connectivity index (χ0v) is 13.6. The van der Waals surface area contributed by atoms with Gasteiger partial charge in [0.2, 0.25) is 0 Å². The number of anilines is 2. The molecule has 21 heavy (non-hydrogen) atoms. The van der Waals surface area contributed by atoms with Crippen LogP contribution in [-0.4, -0.2) is 18.1 Å². The Morgan fingerprint density at radius 1 is 1.38 bits per heavy atom. The molecule has 0 amide bonds. The number of para-hydroxylation sites is 1. The highest BCUT2D eigenvalue weighted by molar-refractivity contribution is 7.15. The van der Waals surface area contributed by atoms with Crippen molar-refractivity contribution >= 4 is 22.2 Å². The average Bonchev–Trinajstić information content (AvgIpc) is 3.02. The van der Waals surface area contributed by atoms with Gasteiger partial charge in [0.1, 0.15) is 0 Å². The van der Waals surface area contributed by atoms with Gasteiger partial charge < -0.3 is 10.2 Å². The molecule has 4 heteroatoms. The minimum atomic E-state index is 0.385. The normalized spacial score (nSPS) is 15.8. The fraction of sp³-hybridized carbons (Fsp3) is 0.471. The van der Waals surface area contributed by atoms with E-state index >= 15 is 0 Å². The van der Waals surface area contributed by atoms with Gasteiger partial charge in [0, 0.05) is 29.3 Å². The number of thiazole rings is 1. The molecule has 1 aromatic heterocycles. The highest BCUT2D eigenvalue weighted by Gasteiger charge is 2.21. The van der Waals surface area contributed by atoms with Crippen LogP contribution < -0.4 is 10.2 Å². The Morgan fingerprint density at radius 2 is 2.24 bits per heavy atom. The van der Waals surface area contributed by atoms with Crippen LogP contribution in [0.5, 0.6) is 0 Å². The molecule has 2 aromatic rings. The first-order valence-corrected chi connectivity index (χ1v) is 8.65. The van der Waals surface area contributed by atoms with Crippen molar-refractivity contribution < 1.29 is 0 Å². The summed E-state index contributed by atoms with van der Waals surface area (Å²) in [5.41, 5.74) is 2.77. The van der Waals surface area contributed by atoms with Gasteiger partial charge in [-0.15, -0.1) is 0 Å². The maximum absolute atomic E-state index is 4.67. The Bertz CT molecular complexity index is 593. The van der Waals surface area contributed by atoms with Crippen LogP contribution in [-0.2, 0) is 6.42 Å². The Morgan fingerprint density at radius 3 is 3.10 bits per heavy atom. The van der Waals surface area contributed by atoms with Crippen molar-refractivity contribution in [2.75, 3.05) is 18.0 Å². The molecule has 0 aliphatic carbocycles. The summed E-state index contributed by atoms with van der Waals surface area (Å²) in [6.07, 6.45) is 5.58. The van der Waals surface area contributed by atoms with Crippen LogP contribution >= 0.6 is 11.3 Å². The largest absolute Gasteiger partial charge is 0.318 e. The first-order valence-electron chi connectivity index (χ1n) is 7.84. The van der Waals surface area contributed by atoms with E-state index in [1.165, 1.54) is 29.0 Å². The minimum absolute atomic E-state index is 0.385. The number of rotatable bonds is 5. The van der Waals surface area contributed by atoms with E-state index in [0.717, 1.165) is 24.6 Å². The number of hydrogen-bond acceptors (Lipinski definition) is 4. The van der Waals surface area contributed by atoms with Gasteiger partial charge in [0.25, 0.3) is 0 Å². The molecule has 0 bridgehead atoms. The zero-order chi connectivity index (χ0) is 14.7. The highest BCUT2D eigenvalue weighted by atomic mass is 32.1. The SMILES string of the molecule is CCCNC(C)c1cnc(N2CCCc3ccccc32)s1. The summed E-state index contributed by atoms with van der Waals surface area (Å²) in [4.78, 5) is 8.37. The van der Waals surface area contributed by atoms with Crippen LogP contribution in [0.15, 0.2) is 30.5 Å². The maximum Gasteiger partial charge on any atom is 0.190 e. The number of benzene rings is 1. The summed E-state index contributed by atoms with van der Waals surface area (Å²) in [6, 6.07) is 9.09. The Balaban J connectivity index is 1.81. The number of aromatic nitrogens is 1. The maximum atomic E-state index is 4.67. The van der Waals surface area contributed by atoms with E-state index in [-0.39, 0.29) is 0 Å². The quantitative estimate of drug-likeness (QED) is 0.893. The first-order chi connectivity index (χ1) is 10.3. The number of nitrogens with zero attached hydrogens (tertiary/aromatic N) is 2. The van der Waals surface area contributed by atoms with Crippen molar-refractivity contribution in [3.05, 3.63) is 40.9 Å². The summed E-state index contributed by atoms with van der Waals surface area (Å²) in [5.74, 6) is 0. The van der Waals surface area contributed by atoms with Crippen molar-refractivity contribution in [2.45, 2.75) is 39.2 Å². The number of fused-ring (bicyclic) bond motifs is 1. The third-order valence-corrected chi connectivity index (χ3v) is 5.18. The van der Waals surface area contributed by atoms with E-state index in [1.807, 2.05) is 17.5 Å².